The Labute approximate surface area is 131 Å². The van der Waals surface area contributed by atoms with E-state index < -0.39 is 0 Å². The maximum absolute atomic E-state index is 12.8. The van der Waals surface area contributed by atoms with Crippen molar-refractivity contribution >= 4 is 34.9 Å². The van der Waals surface area contributed by atoms with Crippen LogP contribution in [0.15, 0.2) is 52.2 Å². The van der Waals surface area contributed by atoms with Gasteiger partial charge in [-0.15, -0.1) is 0 Å². The molecule has 0 radical (unpaired) electrons. The van der Waals surface area contributed by atoms with Crippen LogP contribution in [0.4, 0.5) is 0 Å². The fourth-order valence-electron chi connectivity index (χ4n) is 2.51. The molecule has 0 fully saturated rings. The summed E-state index contributed by atoms with van der Waals surface area (Å²) in [5, 5.41) is 1.70. The Morgan fingerprint density at radius 2 is 1.62 bits per heavy atom. The van der Waals surface area contributed by atoms with Crippen molar-refractivity contribution in [2.75, 3.05) is 0 Å². The van der Waals surface area contributed by atoms with E-state index >= 15 is 0 Å². The van der Waals surface area contributed by atoms with Crippen molar-refractivity contribution < 1.29 is 9.59 Å². The standard InChI is InChI=1S/C17H11ClO2S/c1-10-6-7-13-14(17(10)21-9-8-18)16(20)12-5-3-2-4-11(12)15(13)19/h2-9H,1H3/b9-8-. The number of ketones is 2. The van der Waals surface area contributed by atoms with E-state index in [-0.39, 0.29) is 11.6 Å². The average molecular weight is 315 g/mol. The summed E-state index contributed by atoms with van der Waals surface area (Å²) in [7, 11) is 0. The summed E-state index contributed by atoms with van der Waals surface area (Å²) >= 11 is 6.94. The minimum atomic E-state index is -0.102. The normalized spacial score (nSPS) is 13.4. The zero-order chi connectivity index (χ0) is 15.0. The second-order valence-electron chi connectivity index (χ2n) is 4.72. The Morgan fingerprint density at radius 3 is 2.29 bits per heavy atom. The predicted molar refractivity (Wildman–Crippen MR) is 85.3 cm³/mol. The van der Waals surface area contributed by atoms with Crippen LogP contribution in [0.2, 0.25) is 0 Å². The first-order valence-electron chi connectivity index (χ1n) is 6.39. The van der Waals surface area contributed by atoms with E-state index in [2.05, 4.69) is 0 Å². The van der Waals surface area contributed by atoms with Gasteiger partial charge in [-0.2, -0.15) is 0 Å². The van der Waals surface area contributed by atoms with Gasteiger partial charge in [0.2, 0.25) is 0 Å². The molecule has 2 aromatic carbocycles. The van der Waals surface area contributed by atoms with Crippen LogP contribution in [0, 0.1) is 6.92 Å². The molecular weight excluding hydrogens is 304 g/mol. The fraction of sp³-hybridized carbons (Fsp3) is 0.0588. The molecule has 2 nitrogen and oxygen atoms in total. The van der Waals surface area contributed by atoms with Crippen LogP contribution in [-0.2, 0) is 0 Å². The number of carbonyl (C=O) groups excluding carboxylic acids is 2. The highest BCUT2D eigenvalue weighted by molar-refractivity contribution is 8.02. The summed E-state index contributed by atoms with van der Waals surface area (Å²) in [6.07, 6.45) is 0. The van der Waals surface area contributed by atoms with Gasteiger partial charge in [-0.3, -0.25) is 9.59 Å². The Kier molecular flexibility index (Phi) is 3.70. The molecule has 0 atom stereocenters. The third-order valence-electron chi connectivity index (χ3n) is 3.48. The van der Waals surface area contributed by atoms with E-state index in [1.54, 1.807) is 35.7 Å². The lowest BCUT2D eigenvalue weighted by Crippen LogP contribution is -2.21. The predicted octanol–water partition coefficient (Wildman–Crippen LogP) is 4.57. The highest BCUT2D eigenvalue weighted by Crippen LogP contribution is 2.36. The molecule has 3 rings (SSSR count). The van der Waals surface area contributed by atoms with Crippen LogP contribution >= 0.6 is 23.4 Å². The van der Waals surface area contributed by atoms with E-state index in [1.807, 2.05) is 13.0 Å². The molecule has 2 aromatic rings. The summed E-state index contributed by atoms with van der Waals surface area (Å²) in [6.45, 7) is 1.92. The van der Waals surface area contributed by atoms with E-state index in [1.165, 1.54) is 17.3 Å². The van der Waals surface area contributed by atoms with Crippen LogP contribution in [0.5, 0.6) is 0 Å². The van der Waals surface area contributed by atoms with Gasteiger partial charge in [-0.05, 0) is 24.0 Å². The molecule has 0 saturated heterocycles. The third-order valence-corrected chi connectivity index (χ3v) is 4.79. The van der Waals surface area contributed by atoms with Gasteiger partial charge in [-0.1, -0.05) is 53.7 Å². The Bertz CT molecular complexity index is 793. The zero-order valence-corrected chi connectivity index (χ0v) is 12.8. The second kappa shape index (κ2) is 5.51. The molecule has 0 aromatic heterocycles. The minimum Gasteiger partial charge on any atom is -0.289 e. The van der Waals surface area contributed by atoms with Crippen molar-refractivity contribution in [3.63, 3.8) is 0 Å². The minimum absolute atomic E-state index is 0.100. The summed E-state index contributed by atoms with van der Waals surface area (Å²) in [4.78, 5) is 26.1. The largest absolute Gasteiger partial charge is 0.289 e. The first-order chi connectivity index (χ1) is 10.1. The molecule has 0 unspecified atom stereocenters. The third kappa shape index (κ3) is 2.23. The van der Waals surface area contributed by atoms with Crippen LogP contribution in [0.25, 0.3) is 0 Å². The van der Waals surface area contributed by atoms with E-state index in [0.717, 1.165) is 10.5 Å². The SMILES string of the molecule is Cc1ccc2c(c1S/C=C\Cl)C(=O)c1ccccc1C2=O. The number of thioether (sulfide) groups is 1. The second-order valence-corrected chi connectivity index (χ2v) is 5.89. The van der Waals surface area contributed by atoms with Gasteiger partial charge in [0.1, 0.15) is 0 Å². The van der Waals surface area contributed by atoms with Crippen LogP contribution in [0.1, 0.15) is 37.4 Å². The van der Waals surface area contributed by atoms with Crippen molar-refractivity contribution in [1.29, 1.82) is 0 Å². The van der Waals surface area contributed by atoms with Crippen molar-refractivity contribution in [3.8, 4) is 0 Å². The number of benzene rings is 2. The lowest BCUT2D eigenvalue weighted by atomic mass is 9.83. The van der Waals surface area contributed by atoms with E-state index in [0.29, 0.717) is 22.3 Å². The molecule has 4 heteroatoms. The fourth-order valence-corrected chi connectivity index (χ4v) is 3.42. The number of aryl methyl sites for hydroxylation is 1. The van der Waals surface area contributed by atoms with Crippen molar-refractivity contribution in [3.05, 3.63) is 75.2 Å². The first kappa shape index (κ1) is 14.1. The number of hydrogen-bond donors (Lipinski definition) is 0. The van der Waals surface area contributed by atoms with E-state index in [4.69, 9.17) is 11.6 Å². The highest BCUT2D eigenvalue weighted by Gasteiger charge is 2.31. The summed E-state index contributed by atoms with van der Waals surface area (Å²) in [5.74, 6) is -0.203. The molecular formula is C17H11ClO2S. The van der Waals surface area contributed by atoms with Gasteiger partial charge in [0.15, 0.2) is 11.6 Å². The van der Waals surface area contributed by atoms with Crippen molar-refractivity contribution in [2.24, 2.45) is 0 Å². The molecule has 0 bridgehead atoms. The number of fused-ring (bicyclic) bond motifs is 2. The smallest absolute Gasteiger partial charge is 0.195 e. The van der Waals surface area contributed by atoms with Crippen molar-refractivity contribution in [2.45, 2.75) is 11.8 Å². The summed E-state index contributed by atoms with van der Waals surface area (Å²) < 4.78 is 0. The van der Waals surface area contributed by atoms with Gasteiger partial charge >= 0.3 is 0 Å². The highest BCUT2D eigenvalue weighted by atomic mass is 35.5. The van der Waals surface area contributed by atoms with Gasteiger partial charge in [0.25, 0.3) is 0 Å². The molecule has 0 amide bonds. The number of rotatable bonds is 2. The Morgan fingerprint density at radius 1 is 0.952 bits per heavy atom. The first-order valence-corrected chi connectivity index (χ1v) is 7.70. The average Bonchev–Trinajstić information content (AvgIpc) is 2.51. The monoisotopic (exact) mass is 314 g/mol. The lowest BCUT2D eigenvalue weighted by Gasteiger charge is -2.20. The maximum atomic E-state index is 12.8. The molecule has 0 aliphatic heterocycles. The number of carbonyl (C=O) groups is 2. The molecule has 0 N–H and O–H groups in total. The molecule has 104 valence electrons. The maximum Gasteiger partial charge on any atom is 0.195 e. The molecule has 0 spiro atoms. The number of halogens is 1. The summed E-state index contributed by atoms with van der Waals surface area (Å²) in [6, 6.07) is 10.5. The Hall–Kier alpha value is -1.84. The van der Waals surface area contributed by atoms with Crippen molar-refractivity contribution in [1.82, 2.24) is 0 Å². The van der Waals surface area contributed by atoms with Crippen LogP contribution < -0.4 is 0 Å². The summed E-state index contributed by atoms with van der Waals surface area (Å²) in [5.41, 5.74) is 4.24. The van der Waals surface area contributed by atoms with Crippen LogP contribution in [0.3, 0.4) is 0 Å². The quantitative estimate of drug-likeness (QED) is 0.650. The molecule has 1 aliphatic rings. The molecule has 1 aliphatic carbocycles. The number of hydrogen-bond acceptors (Lipinski definition) is 3. The molecule has 21 heavy (non-hydrogen) atoms. The van der Waals surface area contributed by atoms with E-state index in [9.17, 15) is 9.59 Å². The van der Waals surface area contributed by atoms with Gasteiger partial charge in [0.05, 0.1) is 0 Å². The lowest BCUT2D eigenvalue weighted by molar-refractivity contribution is 0.0977. The molecule has 0 saturated carbocycles. The van der Waals surface area contributed by atoms with Gasteiger partial charge in [0, 0.05) is 32.7 Å². The topological polar surface area (TPSA) is 34.1 Å². The Balaban J connectivity index is 2.27. The van der Waals surface area contributed by atoms with Crippen LogP contribution in [-0.4, -0.2) is 11.6 Å². The molecule has 0 heterocycles. The van der Waals surface area contributed by atoms with Gasteiger partial charge in [-0.25, -0.2) is 0 Å². The van der Waals surface area contributed by atoms with Gasteiger partial charge < -0.3 is 0 Å². The zero-order valence-electron chi connectivity index (χ0n) is 11.2.